The summed E-state index contributed by atoms with van der Waals surface area (Å²) in [6, 6.07) is 15.6. The summed E-state index contributed by atoms with van der Waals surface area (Å²) >= 11 is 0. The standard InChI is InChI=1S/C27H33N3O4/c1-4-5-6-18-34-22-14-10-20(11-15-22)26-23-24(19-8-12-21(33-3)13-9-19)28-29-25(23)27(31)30(26)16-7-17-32-2/h8-15,26H,4-7,16-18H2,1-3H3,(H,28,29). The van der Waals surface area contributed by atoms with Crippen molar-refractivity contribution >= 4 is 5.91 Å². The highest BCUT2D eigenvalue weighted by molar-refractivity contribution is 6.00. The molecule has 1 N–H and O–H groups in total. The van der Waals surface area contributed by atoms with Crippen LogP contribution in [0.25, 0.3) is 11.3 Å². The molecule has 1 atom stereocenters. The first kappa shape index (κ1) is 23.8. The molecule has 180 valence electrons. The summed E-state index contributed by atoms with van der Waals surface area (Å²) in [5.41, 5.74) is 4.20. The van der Waals surface area contributed by atoms with Gasteiger partial charge in [0.05, 0.1) is 25.5 Å². The van der Waals surface area contributed by atoms with Gasteiger partial charge in [-0.05, 0) is 54.8 Å². The zero-order valence-electron chi connectivity index (χ0n) is 20.2. The summed E-state index contributed by atoms with van der Waals surface area (Å²) in [5.74, 6) is 1.58. The molecular formula is C27H33N3O4. The zero-order chi connectivity index (χ0) is 23.9. The average molecular weight is 464 g/mol. The molecule has 0 aliphatic carbocycles. The number of rotatable bonds is 12. The molecule has 0 saturated heterocycles. The lowest BCUT2D eigenvalue weighted by atomic mass is 9.96. The minimum absolute atomic E-state index is 0.0387. The van der Waals surface area contributed by atoms with E-state index in [1.807, 2.05) is 41.3 Å². The second-order valence-corrected chi connectivity index (χ2v) is 8.46. The molecule has 2 aromatic carbocycles. The van der Waals surface area contributed by atoms with Gasteiger partial charge in [0.25, 0.3) is 5.91 Å². The number of unbranched alkanes of at least 4 members (excludes halogenated alkanes) is 2. The fourth-order valence-electron chi connectivity index (χ4n) is 4.41. The Bertz CT molecular complexity index is 1080. The van der Waals surface area contributed by atoms with E-state index < -0.39 is 0 Å². The Morgan fingerprint density at radius 2 is 1.68 bits per heavy atom. The van der Waals surface area contributed by atoms with Gasteiger partial charge in [-0.2, -0.15) is 5.10 Å². The number of hydrogen-bond donors (Lipinski definition) is 1. The maximum Gasteiger partial charge on any atom is 0.273 e. The molecule has 34 heavy (non-hydrogen) atoms. The molecule has 1 aromatic heterocycles. The van der Waals surface area contributed by atoms with E-state index in [9.17, 15) is 4.79 Å². The van der Waals surface area contributed by atoms with Crippen LogP contribution in [0.4, 0.5) is 0 Å². The Labute approximate surface area is 201 Å². The summed E-state index contributed by atoms with van der Waals surface area (Å²) in [6.45, 7) is 4.09. The van der Waals surface area contributed by atoms with Crippen molar-refractivity contribution in [1.82, 2.24) is 15.1 Å². The van der Waals surface area contributed by atoms with E-state index in [0.717, 1.165) is 53.1 Å². The van der Waals surface area contributed by atoms with E-state index in [0.29, 0.717) is 25.5 Å². The number of ether oxygens (including phenoxy) is 3. The first-order valence-corrected chi connectivity index (χ1v) is 11.9. The maximum atomic E-state index is 13.4. The normalized spacial score (nSPS) is 15.0. The van der Waals surface area contributed by atoms with Crippen molar-refractivity contribution in [2.75, 3.05) is 34.0 Å². The first-order chi connectivity index (χ1) is 16.7. The van der Waals surface area contributed by atoms with Crippen molar-refractivity contribution in [3.8, 4) is 22.8 Å². The number of carbonyl (C=O) groups excluding carboxylic acids is 1. The summed E-state index contributed by atoms with van der Waals surface area (Å²) in [7, 11) is 3.32. The van der Waals surface area contributed by atoms with Crippen molar-refractivity contribution in [3.63, 3.8) is 0 Å². The molecule has 0 spiro atoms. The second-order valence-electron chi connectivity index (χ2n) is 8.46. The number of aromatic amines is 1. The van der Waals surface area contributed by atoms with E-state index in [2.05, 4.69) is 29.3 Å². The summed E-state index contributed by atoms with van der Waals surface area (Å²) < 4.78 is 16.4. The van der Waals surface area contributed by atoms with Gasteiger partial charge in [0.2, 0.25) is 0 Å². The highest BCUT2D eigenvalue weighted by atomic mass is 16.5. The lowest BCUT2D eigenvalue weighted by molar-refractivity contribution is 0.0723. The van der Waals surface area contributed by atoms with Crippen LogP contribution in [-0.2, 0) is 4.74 Å². The molecule has 4 rings (SSSR count). The van der Waals surface area contributed by atoms with Gasteiger partial charge in [-0.15, -0.1) is 0 Å². The van der Waals surface area contributed by atoms with Crippen molar-refractivity contribution in [2.24, 2.45) is 0 Å². The van der Waals surface area contributed by atoms with E-state index in [-0.39, 0.29) is 11.9 Å². The Morgan fingerprint density at radius 3 is 2.35 bits per heavy atom. The van der Waals surface area contributed by atoms with Crippen molar-refractivity contribution in [3.05, 3.63) is 65.4 Å². The lowest BCUT2D eigenvalue weighted by Gasteiger charge is -2.26. The number of H-pyrrole nitrogens is 1. The SMILES string of the molecule is CCCCCOc1ccc(C2c3c(-c4ccc(OC)cc4)n[nH]c3C(=O)N2CCCOC)cc1. The van der Waals surface area contributed by atoms with Crippen LogP contribution in [0.15, 0.2) is 48.5 Å². The second kappa shape index (κ2) is 11.2. The molecule has 0 radical (unpaired) electrons. The van der Waals surface area contributed by atoms with Crippen LogP contribution in [-0.4, -0.2) is 55.0 Å². The molecule has 1 amide bonds. The Morgan fingerprint density at radius 1 is 0.941 bits per heavy atom. The third-order valence-corrected chi connectivity index (χ3v) is 6.19. The summed E-state index contributed by atoms with van der Waals surface area (Å²) in [4.78, 5) is 15.3. The zero-order valence-corrected chi connectivity index (χ0v) is 20.2. The highest BCUT2D eigenvalue weighted by Gasteiger charge is 2.41. The Kier molecular flexibility index (Phi) is 7.85. The molecule has 7 nitrogen and oxygen atoms in total. The van der Waals surface area contributed by atoms with Crippen molar-refractivity contribution < 1.29 is 19.0 Å². The minimum Gasteiger partial charge on any atom is -0.497 e. The van der Waals surface area contributed by atoms with Crippen molar-refractivity contribution in [2.45, 2.75) is 38.6 Å². The van der Waals surface area contributed by atoms with Gasteiger partial charge in [-0.25, -0.2) is 0 Å². The number of hydrogen-bond acceptors (Lipinski definition) is 5. The van der Waals surface area contributed by atoms with Crippen LogP contribution in [0.1, 0.15) is 60.3 Å². The largest absolute Gasteiger partial charge is 0.497 e. The number of nitrogens with zero attached hydrogens (tertiary/aromatic N) is 2. The Hall–Kier alpha value is -3.32. The highest BCUT2D eigenvalue weighted by Crippen LogP contribution is 2.43. The van der Waals surface area contributed by atoms with Gasteiger partial charge in [-0.1, -0.05) is 31.9 Å². The molecule has 0 fully saturated rings. The van der Waals surface area contributed by atoms with Crippen LogP contribution in [0.5, 0.6) is 11.5 Å². The quantitative estimate of drug-likeness (QED) is 0.372. The topological polar surface area (TPSA) is 76.7 Å². The number of carbonyl (C=O) groups is 1. The number of nitrogens with one attached hydrogen (secondary N) is 1. The fraction of sp³-hybridized carbons (Fsp3) is 0.407. The third kappa shape index (κ3) is 4.94. The minimum atomic E-state index is -0.232. The van der Waals surface area contributed by atoms with Crippen LogP contribution >= 0.6 is 0 Å². The number of aromatic nitrogens is 2. The van der Waals surface area contributed by atoms with Gasteiger partial charge in [0, 0.05) is 31.4 Å². The van der Waals surface area contributed by atoms with Gasteiger partial charge in [0.15, 0.2) is 0 Å². The smallest absolute Gasteiger partial charge is 0.273 e. The van der Waals surface area contributed by atoms with E-state index >= 15 is 0 Å². The summed E-state index contributed by atoms with van der Waals surface area (Å²) in [5, 5.41) is 7.54. The molecule has 7 heteroatoms. The number of benzene rings is 2. The molecule has 0 saturated carbocycles. The molecule has 1 aliphatic rings. The number of methoxy groups -OCH3 is 2. The predicted molar refractivity (Wildman–Crippen MR) is 131 cm³/mol. The van der Waals surface area contributed by atoms with Crippen LogP contribution < -0.4 is 9.47 Å². The maximum absolute atomic E-state index is 13.4. The molecule has 0 bridgehead atoms. The van der Waals surface area contributed by atoms with Gasteiger partial charge in [-0.3, -0.25) is 9.89 Å². The van der Waals surface area contributed by atoms with Crippen LogP contribution in [0.3, 0.4) is 0 Å². The lowest BCUT2D eigenvalue weighted by Crippen LogP contribution is -2.31. The van der Waals surface area contributed by atoms with Gasteiger partial charge >= 0.3 is 0 Å². The average Bonchev–Trinajstić information content (AvgIpc) is 3.42. The molecule has 1 aliphatic heterocycles. The first-order valence-electron chi connectivity index (χ1n) is 11.9. The molecular weight excluding hydrogens is 430 g/mol. The van der Waals surface area contributed by atoms with E-state index in [1.54, 1.807) is 14.2 Å². The van der Waals surface area contributed by atoms with E-state index in [4.69, 9.17) is 14.2 Å². The fourth-order valence-corrected chi connectivity index (χ4v) is 4.41. The van der Waals surface area contributed by atoms with Gasteiger partial charge < -0.3 is 19.1 Å². The number of fused-ring (bicyclic) bond motifs is 1. The summed E-state index contributed by atoms with van der Waals surface area (Å²) in [6.07, 6.45) is 4.13. The predicted octanol–water partition coefficient (Wildman–Crippen LogP) is 5.24. The molecule has 3 aromatic rings. The van der Waals surface area contributed by atoms with Crippen LogP contribution in [0, 0.1) is 0 Å². The third-order valence-electron chi connectivity index (χ3n) is 6.19. The number of amides is 1. The Balaban J connectivity index is 1.66. The van der Waals surface area contributed by atoms with Crippen molar-refractivity contribution in [1.29, 1.82) is 0 Å². The van der Waals surface area contributed by atoms with Crippen LogP contribution in [0.2, 0.25) is 0 Å². The van der Waals surface area contributed by atoms with E-state index in [1.165, 1.54) is 6.42 Å². The molecule has 2 heterocycles. The molecule has 1 unspecified atom stereocenters. The monoisotopic (exact) mass is 463 g/mol. The van der Waals surface area contributed by atoms with Gasteiger partial charge in [0.1, 0.15) is 17.2 Å².